The molecule has 0 radical (unpaired) electrons. The average molecular weight is 314 g/mol. The Bertz CT molecular complexity index is 693. The van der Waals surface area contributed by atoms with Crippen molar-refractivity contribution in [1.29, 1.82) is 0 Å². The number of nitrogens with one attached hydrogen (secondary N) is 1. The Labute approximate surface area is 123 Å². The molecule has 0 aliphatic carbocycles. The summed E-state index contributed by atoms with van der Waals surface area (Å²) < 4.78 is 28.3. The number of hydrogen-bond acceptors (Lipinski definition) is 3. The highest BCUT2D eigenvalue weighted by Gasteiger charge is 2.22. The molecule has 0 bridgehead atoms. The summed E-state index contributed by atoms with van der Waals surface area (Å²) in [6.07, 6.45) is 3.38. The fraction of sp³-hybridized carbons (Fsp3) is 0.308. The van der Waals surface area contributed by atoms with Gasteiger partial charge >= 0.3 is 0 Å². The lowest BCUT2D eigenvalue weighted by Crippen LogP contribution is -2.14. The minimum atomic E-state index is -3.76. The summed E-state index contributed by atoms with van der Waals surface area (Å²) in [5.74, 6) is 0. The van der Waals surface area contributed by atoms with Crippen molar-refractivity contribution < 1.29 is 8.42 Å². The molecule has 1 heterocycles. The van der Waals surface area contributed by atoms with Crippen molar-refractivity contribution in [3.8, 4) is 0 Å². The van der Waals surface area contributed by atoms with E-state index in [2.05, 4.69) is 16.6 Å². The molecule has 1 N–H and O–H groups in total. The van der Waals surface area contributed by atoms with Crippen LogP contribution in [0.4, 0.5) is 5.69 Å². The zero-order chi connectivity index (χ0) is 14.8. The third-order valence-electron chi connectivity index (χ3n) is 2.83. The third kappa shape index (κ3) is 3.13. The van der Waals surface area contributed by atoms with Crippen molar-refractivity contribution in [3.63, 3.8) is 0 Å². The van der Waals surface area contributed by atoms with E-state index in [9.17, 15) is 8.42 Å². The van der Waals surface area contributed by atoms with Crippen molar-refractivity contribution in [1.82, 2.24) is 9.55 Å². The van der Waals surface area contributed by atoms with E-state index in [4.69, 9.17) is 11.6 Å². The second-order valence-corrected chi connectivity index (χ2v) is 6.46. The SMILES string of the molecule is CCCc1ccc(NS(=O)(=O)c2ncn(C)c2Cl)cc1. The van der Waals surface area contributed by atoms with Crippen LogP contribution in [0, 0.1) is 0 Å². The van der Waals surface area contributed by atoms with Crippen molar-refractivity contribution >= 4 is 27.3 Å². The Kier molecular flexibility index (Phi) is 4.35. The number of aromatic nitrogens is 2. The quantitative estimate of drug-likeness (QED) is 0.923. The molecule has 5 nitrogen and oxygen atoms in total. The minimum Gasteiger partial charge on any atom is -0.324 e. The van der Waals surface area contributed by atoms with Gasteiger partial charge in [-0.2, -0.15) is 8.42 Å². The Morgan fingerprint density at radius 1 is 1.30 bits per heavy atom. The van der Waals surface area contributed by atoms with Gasteiger partial charge in [-0.25, -0.2) is 4.98 Å². The third-order valence-corrected chi connectivity index (χ3v) is 4.70. The van der Waals surface area contributed by atoms with Crippen molar-refractivity contribution in [2.45, 2.75) is 24.8 Å². The largest absolute Gasteiger partial charge is 0.324 e. The molecule has 0 unspecified atom stereocenters. The molecular weight excluding hydrogens is 298 g/mol. The number of halogens is 1. The van der Waals surface area contributed by atoms with Gasteiger partial charge in [-0.05, 0) is 24.1 Å². The summed E-state index contributed by atoms with van der Waals surface area (Å²) in [5, 5.41) is -0.0839. The molecule has 0 amide bonds. The Morgan fingerprint density at radius 2 is 1.95 bits per heavy atom. The average Bonchev–Trinajstić information content (AvgIpc) is 2.73. The summed E-state index contributed by atoms with van der Waals surface area (Å²) >= 11 is 5.91. The molecule has 2 rings (SSSR count). The van der Waals surface area contributed by atoms with Gasteiger partial charge in [0.2, 0.25) is 5.03 Å². The highest BCUT2D eigenvalue weighted by Crippen LogP contribution is 2.22. The summed E-state index contributed by atoms with van der Waals surface area (Å²) in [4.78, 5) is 3.81. The molecule has 0 aliphatic rings. The highest BCUT2D eigenvalue weighted by molar-refractivity contribution is 7.92. The van der Waals surface area contributed by atoms with Gasteiger partial charge in [-0.15, -0.1) is 0 Å². The first-order valence-electron chi connectivity index (χ1n) is 6.22. The number of benzene rings is 1. The molecule has 0 saturated carbocycles. The van der Waals surface area contributed by atoms with Crippen LogP contribution in [-0.2, 0) is 23.5 Å². The van der Waals surface area contributed by atoms with Gasteiger partial charge in [0.15, 0.2) is 0 Å². The van der Waals surface area contributed by atoms with Crippen molar-refractivity contribution in [3.05, 3.63) is 41.3 Å². The number of nitrogens with zero attached hydrogens (tertiary/aromatic N) is 2. The molecule has 1 aromatic carbocycles. The van der Waals surface area contributed by atoms with Crippen LogP contribution in [0.2, 0.25) is 5.15 Å². The van der Waals surface area contributed by atoms with E-state index < -0.39 is 10.0 Å². The summed E-state index contributed by atoms with van der Waals surface area (Å²) in [7, 11) is -2.13. The lowest BCUT2D eigenvalue weighted by molar-refractivity contribution is 0.598. The van der Waals surface area contributed by atoms with E-state index in [-0.39, 0.29) is 10.2 Å². The van der Waals surface area contributed by atoms with Crippen LogP contribution in [0.15, 0.2) is 35.6 Å². The molecule has 20 heavy (non-hydrogen) atoms. The van der Waals surface area contributed by atoms with Gasteiger partial charge in [0.1, 0.15) is 5.15 Å². The zero-order valence-electron chi connectivity index (χ0n) is 11.3. The van der Waals surface area contributed by atoms with Crippen LogP contribution in [0.25, 0.3) is 0 Å². The number of hydrogen-bond donors (Lipinski definition) is 1. The lowest BCUT2D eigenvalue weighted by Gasteiger charge is -2.07. The van der Waals surface area contributed by atoms with Gasteiger partial charge in [0, 0.05) is 12.7 Å². The fourth-order valence-corrected chi connectivity index (χ4v) is 3.30. The van der Waals surface area contributed by atoms with E-state index >= 15 is 0 Å². The Morgan fingerprint density at radius 3 is 2.45 bits per heavy atom. The van der Waals surface area contributed by atoms with Crippen LogP contribution in [0.5, 0.6) is 0 Å². The molecule has 0 spiro atoms. The molecule has 7 heteroatoms. The number of sulfonamides is 1. The van der Waals surface area contributed by atoms with Crippen LogP contribution < -0.4 is 4.72 Å². The molecule has 0 saturated heterocycles. The topological polar surface area (TPSA) is 64.0 Å². The highest BCUT2D eigenvalue weighted by atomic mass is 35.5. The van der Waals surface area contributed by atoms with Gasteiger partial charge in [0.05, 0.1) is 6.33 Å². The molecule has 2 aromatic rings. The molecule has 0 aliphatic heterocycles. The predicted molar refractivity (Wildman–Crippen MR) is 79.5 cm³/mol. The molecule has 0 atom stereocenters. The van der Waals surface area contributed by atoms with Crippen molar-refractivity contribution in [2.75, 3.05) is 4.72 Å². The molecule has 108 valence electrons. The second kappa shape index (κ2) is 5.85. The first-order valence-corrected chi connectivity index (χ1v) is 8.08. The smallest absolute Gasteiger partial charge is 0.282 e. The summed E-state index contributed by atoms with van der Waals surface area (Å²) in [6.45, 7) is 2.10. The lowest BCUT2D eigenvalue weighted by atomic mass is 10.1. The number of imidazole rings is 1. The maximum absolute atomic E-state index is 12.2. The maximum atomic E-state index is 12.2. The number of aryl methyl sites for hydroxylation is 2. The van der Waals surface area contributed by atoms with Crippen LogP contribution in [0.3, 0.4) is 0 Å². The normalized spacial score (nSPS) is 11.6. The fourth-order valence-electron chi connectivity index (χ4n) is 1.81. The van der Waals surface area contributed by atoms with E-state index in [0.29, 0.717) is 5.69 Å². The van der Waals surface area contributed by atoms with E-state index in [1.54, 1.807) is 19.2 Å². The minimum absolute atomic E-state index is 0.0834. The Balaban J connectivity index is 2.22. The Hall–Kier alpha value is -1.53. The number of anilines is 1. The molecular formula is C13H16ClN3O2S. The summed E-state index contributed by atoms with van der Waals surface area (Å²) in [5.41, 5.74) is 1.66. The van der Waals surface area contributed by atoms with Gasteiger partial charge in [0.25, 0.3) is 10.0 Å². The van der Waals surface area contributed by atoms with E-state index in [1.165, 1.54) is 16.5 Å². The maximum Gasteiger partial charge on any atom is 0.282 e. The van der Waals surface area contributed by atoms with Crippen LogP contribution in [0.1, 0.15) is 18.9 Å². The summed E-state index contributed by atoms with van der Waals surface area (Å²) in [6, 6.07) is 7.28. The van der Waals surface area contributed by atoms with Crippen molar-refractivity contribution in [2.24, 2.45) is 7.05 Å². The second-order valence-electron chi connectivity index (χ2n) is 4.50. The van der Waals surface area contributed by atoms with E-state index in [0.717, 1.165) is 12.8 Å². The van der Waals surface area contributed by atoms with Gasteiger partial charge in [-0.1, -0.05) is 37.1 Å². The molecule has 0 fully saturated rings. The number of rotatable bonds is 5. The predicted octanol–water partition coefficient (Wildman–Crippen LogP) is 2.83. The molecule has 1 aromatic heterocycles. The monoisotopic (exact) mass is 313 g/mol. The first kappa shape index (κ1) is 14.9. The van der Waals surface area contributed by atoms with Gasteiger partial charge < -0.3 is 4.57 Å². The van der Waals surface area contributed by atoms with Crippen LogP contribution in [-0.4, -0.2) is 18.0 Å². The standard InChI is InChI=1S/C13H16ClN3O2S/c1-3-4-10-5-7-11(8-6-10)16-20(18,19)13-12(14)17(2)9-15-13/h5-9,16H,3-4H2,1-2H3. The van der Waals surface area contributed by atoms with Crippen LogP contribution >= 0.6 is 11.6 Å². The first-order chi connectivity index (χ1) is 9.44. The van der Waals surface area contributed by atoms with E-state index in [1.807, 2.05) is 12.1 Å². The zero-order valence-corrected chi connectivity index (χ0v) is 12.9. The van der Waals surface area contributed by atoms with Gasteiger partial charge in [-0.3, -0.25) is 4.72 Å².